The Morgan fingerprint density at radius 1 is 1.12 bits per heavy atom. The van der Waals surface area contributed by atoms with Crippen LogP contribution in [0.4, 0.5) is 5.82 Å². The van der Waals surface area contributed by atoms with Crippen LogP contribution in [-0.4, -0.2) is 25.9 Å². The molecule has 34 heavy (non-hydrogen) atoms. The molecule has 1 aliphatic carbocycles. The number of nitrogens with zero attached hydrogens (tertiary/aromatic N) is 4. The first-order chi connectivity index (χ1) is 16.6. The Morgan fingerprint density at radius 2 is 1.91 bits per heavy atom. The van der Waals surface area contributed by atoms with Crippen LogP contribution >= 0.6 is 0 Å². The van der Waals surface area contributed by atoms with E-state index in [1.54, 1.807) is 6.20 Å². The van der Waals surface area contributed by atoms with Gasteiger partial charge in [-0.15, -0.1) is 0 Å². The van der Waals surface area contributed by atoms with Gasteiger partial charge in [0.2, 0.25) is 0 Å². The highest BCUT2D eigenvalue weighted by Gasteiger charge is 2.27. The molecule has 3 heterocycles. The van der Waals surface area contributed by atoms with Gasteiger partial charge in [0.1, 0.15) is 22.9 Å². The van der Waals surface area contributed by atoms with Gasteiger partial charge in [0.25, 0.3) is 0 Å². The van der Waals surface area contributed by atoms with E-state index < -0.39 is 0 Å². The van der Waals surface area contributed by atoms with E-state index in [2.05, 4.69) is 52.7 Å². The van der Waals surface area contributed by atoms with Crippen molar-refractivity contribution in [1.29, 1.82) is 0 Å². The molecule has 1 fully saturated rings. The summed E-state index contributed by atoms with van der Waals surface area (Å²) in [5.41, 5.74) is 18.1. The lowest BCUT2D eigenvalue weighted by atomic mass is 9.81. The summed E-state index contributed by atoms with van der Waals surface area (Å²) in [6.07, 6.45) is 14.4. The van der Waals surface area contributed by atoms with E-state index in [1.807, 2.05) is 25.3 Å². The maximum atomic E-state index is 6.39. The minimum absolute atomic E-state index is 0.399. The number of imidazole rings is 1. The van der Waals surface area contributed by atoms with Gasteiger partial charge < -0.3 is 11.5 Å². The van der Waals surface area contributed by atoms with Crippen molar-refractivity contribution in [2.45, 2.75) is 45.4 Å². The lowest BCUT2D eigenvalue weighted by Gasteiger charge is -2.26. The van der Waals surface area contributed by atoms with Crippen LogP contribution in [0, 0.1) is 5.92 Å². The van der Waals surface area contributed by atoms with E-state index in [0.717, 1.165) is 77.0 Å². The van der Waals surface area contributed by atoms with Crippen LogP contribution in [0.25, 0.3) is 33.3 Å². The summed E-state index contributed by atoms with van der Waals surface area (Å²) in [7, 11) is 0. The molecule has 3 aromatic heterocycles. The van der Waals surface area contributed by atoms with Crippen molar-refractivity contribution in [1.82, 2.24) is 19.4 Å². The van der Waals surface area contributed by atoms with Gasteiger partial charge in [0.15, 0.2) is 0 Å². The van der Waals surface area contributed by atoms with Crippen LogP contribution in [0.3, 0.4) is 0 Å². The smallest absolute Gasteiger partial charge is 0.150 e. The predicted octanol–water partition coefficient (Wildman–Crippen LogP) is 5.74. The minimum atomic E-state index is 0.399. The predicted molar refractivity (Wildman–Crippen MR) is 140 cm³/mol. The molecule has 0 amide bonds. The minimum Gasteiger partial charge on any atom is -0.382 e. The van der Waals surface area contributed by atoms with Crippen molar-refractivity contribution >= 4 is 27.8 Å². The Labute approximate surface area is 200 Å². The lowest BCUT2D eigenvalue weighted by molar-refractivity contribution is 0.325. The van der Waals surface area contributed by atoms with Gasteiger partial charge >= 0.3 is 0 Å². The number of hydrogen-bond acceptors (Lipinski definition) is 5. The first-order valence-electron chi connectivity index (χ1n) is 12.1. The maximum Gasteiger partial charge on any atom is 0.150 e. The Bertz CT molecular complexity index is 1390. The van der Waals surface area contributed by atoms with E-state index in [0.29, 0.717) is 17.7 Å². The van der Waals surface area contributed by atoms with Crippen LogP contribution in [0.15, 0.2) is 61.0 Å². The molecule has 0 spiro atoms. The number of fused-ring (bicyclic) bond motifs is 2. The fraction of sp³-hybridized carbons (Fsp3) is 0.321. The third kappa shape index (κ3) is 4.10. The molecular weight excluding hydrogens is 420 g/mol. The largest absolute Gasteiger partial charge is 0.382 e. The van der Waals surface area contributed by atoms with Crippen molar-refractivity contribution in [3.05, 3.63) is 72.5 Å². The molecule has 0 saturated heterocycles. The lowest BCUT2D eigenvalue weighted by Crippen LogP contribution is -2.21. The maximum absolute atomic E-state index is 6.39. The van der Waals surface area contributed by atoms with Gasteiger partial charge in [-0.05, 0) is 69.7 Å². The van der Waals surface area contributed by atoms with Crippen molar-refractivity contribution < 1.29 is 0 Å². The number of anilines is 1. The Balaban J connectivity index is 1.60. The number of rotatable bonds is 5. The zero-order chi connectivity index (χ0) is 23.7. The van der Waals surface area contributed by atoms with Gasteiger partial charge in [-0.3, -0.25) is 4.40 Å². The SMILES string of the molecule is C/C=C\C=C(/C)c1ccc2ccc(-c3nc(C4CCC(CN)CC4)n4ccnc(N)c34)cc2n1. The number of nitrogens with two attached hydrogens (primary N) is 2. The molecule has 6 nitrogen and oxygen atoms in total. The van der Waals surface area contributed by atoms with Crippen LogP contribution in [0.5, 0.6) is 0 Å². The van der Waals surface area contributed by atoms with E-state index in [-0.39, 0.29) is 0 Å². The molecule has 174 valence electrons. The molecule has 6 heteroatoms. The number of hydrogen-bond donors (Lipinski definition) is 2. The van der Waals surface area contributed by atoms with Gasteiger partial charge in [0.05, 0.1) is 11.2 Å². The normalized spacial score (nSPS) is 19.4. The van der Waals surface area contributed by atoms with Gasteiger partial charge in [-0.2, -0.15) is 0 Å². The molecule has 4 aromatic rings. The molecule has 5 rings (SSSR count). The molecule has 0 bridgehead atoms. The van der Waals surface area contributed by atoms with Crippen molar-refractivity contribution in [2.75, 3.05) is 12.3 Å². The second kappa shape index (κ2) is 9.39. The highest BCUT2D eigenvalue weighted by molar-refractivity contribution is 5.91. The topological polar surface area (TPSA) is 95.1 Å². The fourth-order valence-corrected chi connectivity index (χ4v) is 5.04. The molecule has 0 atom stereocenters. The highest BCUT2D eigenvalue weighted by atomic mass is 15.1. The zero-order valence-corrected chi connectivity index (χ0v) is 19.9. The molecule has 0 unspecified atom stereocenters. The summed E-state index contributed by atoms with van der Waals surface area (Å²) in [5, 5.41) is 1.10. The third-order valence-electron chi connectivity index (χ3n) is 7.06. The summed E-state index contributed by atoms with van der Waals surface area (Å²) in [5.74, 6) is 2.59. The second-order valence-electron chi connectivity index (χ2n) is 9.28. The third-order valence-corrected chi connectivity index (χ3v) is 7.06. The van der Waals surface area contributed by atoms with E-state index >= 15 is 0 Å². The number of pyridine rings is 1. The summed E-state index contributed by atoms with van der Waals surface area (Å²) < 4.78 is 2.14. The molecule has 0 radical (unpaired) electrons. The second-order valence-corrected chi connectivity index (χ2v) is 9.28. The summed E-state index contributed by atoms with van der Waals surface area (Å²) >= 11 is 0. The molecule has 1 aromatic carbocycles. The molecule has 1 saturated carbocycles. The first kappa shape index (κ1) is 22.3. The average Bonchev–Trinajstić information content (AvgIpc) is 3.27. The summed E-state index contributed by atoms with van der Waals surface area (Å²) in [6.45, 7) is 4.86. The molecule has 4 N–H and O–H groups in total. The van der Waals surface area contributed by atoms with E-state index in [1.165, 1.54) is 0 Å². The summed E-state index contributed by atoms with van der Waals surface area (Å²) in [4.78, 5) is 14.5. The van der Waals surface area contributed by atoms with Gasteiger partial charge in [-0.1, -0.05) is 36.4 Å². The number of allylic oxidation sites excluding steroid dienone is 4. The fourth-order valence-electron chi connectivity index (χ4n) is 5.04. The average molecular weight is 453 g/mol. The Hall–Kier alpha value is -3.51. The first-order valence-corrected chi connectivity index (χ1v) is 12.1. The van der Waals surface area contributed by atoms with Gasteiger partial charge in [0, 0.05) is 29.3 Å². The number of nitrogen functional groups attached to an aromatic ring is 1. The van der Waals surface area contributed by atoms with Gasteiger partial charge in [-0.25, -0.2) is 15.0 Å². The molecular formula is C28H32N6. The molecule has 1 aliphatic rings. The van der Waals surface area contributed by atoms with Crippen molar-refractivity contribution in [3.63, 3.8) is 0 Å². The van der Waals surface area contributed by atoms with Crippen LogP contribution < -0.4 is 11.5 Å². The van der Waals surface area contributed by atoms with Crippen molar-refractivity contribution in [3.8, 4) is 11.3 Å². The Morgan fingerprint density at radius 3 is 2.68 bits per heavy atom. The Kier molecular flexibility index (Phi) is 6.16. The van der Waals surface area contributed by atoms with E-state index in [4.69, 9.17) is 21.4 Å². The van der Waals surface area contributed by atoms with E-state index in [9.17, 15) is 0 Å². The standard InChI is InChI=1S/C28H32N6/c1-3-4-5-18(2)23-13-12-20-10-11-22(16-24(20)32-23)25-26-27(30)31-14-15-34(26)28(33-25)21-8-6-19(17-29)7-9-21/h3-5,10-16,19,21H,6-9,17,29H2,1-2H3,(H2,30,31)/b4-3-,18-5+. The van der Waals surface area contributed by atoms with Crippen LogP contribution in [0.1, 0.15) is 57.0 Å². The molecule has 0 aliphatic heterocycles. The zero-order valence-electron chi connectivity index (χ0n) is 19.9. The van der Waals surface area contributed by atoms with Crippen LogP contribution in [0.2, 0.25) is 0 Å². The summed E-state index contributed by atoms with van der Waals surface area (Å²) in [6, 6.07) is 10.5. The monoisotopic (exact) mass is 452 g/mol. The number of benzene rings is 1. The number of aromatic nitrogens is 4. The highest BCUT2D eigenvalue weighted by Crippen LogP contribution is 2.38. The van der Waals surface area contributed by atoms with Crippen LogP contribution in [-0.2, 0) is 0 Å². The van der Waals surface area contributed by atoms with Crippen molar-refractivity contribution in [2.24, 2.45) is 11.7 Å². The quantitative estimate of drug-likeness (QED) is 0.377.